The van der Waals surface area contributed by atoms with Crippen LogP contribution in [0.1, 0.15) is 23.2 Å². The third-order valence-electron chi connectivity index (χ3n) is 2.55. The van der Waals surface area contributed by atoms with E-state index in [1.807, 2.05) is 0 Å². The van der Waals surface area contributed by atoms with E-state index in [9.17, 15) is 13.2 Å². The van der Waals surface area contributed by atoms with Crippen molar-refractivity contribution in [2.24, 2.45) is 0 Å². The van der Waals surface area contributed by atoms with Crippen molar-refractivity contribution >= 4 is 0 Å². The van der Waals surface area contributed by atoms with Crippen molar-refractivity contribution in [3.63, 3.8) is 0 Å². The number of aryl methyl sites for hydroxylation is 1. The smallest absolute Gasteiger partial charge is 0.265 e. The van der Waals surface area contributed by atoms with Crippen LogP contribution in [0.4, 0.5) is 13.2 Å². The Morgan fingerprint density at radius 3 is 2.50 bits per heavy atom. The summed E-state index contributed by atoms with van der Waals surface area (Å²) in [6.45, 7) is 1.55. The Morgan fingerprint density at radius 1 is 1.22 bits per heavy atom. The van der Waals surface area contributed by atoms with E-state index in [0.29, 0.717) is 17.8 Å². The van der Waals surface area contributed by atoms with Gasteiger partial charge in [-0.05, 0) is 30.7 Å². The number of nitrogens with zero attached hydrogens (tertiary/aromatic N) is 3. The summed E-state index contributed by atoms with van der Waals surface area (Å²) in [6, 6.07) is 5.21. The zero-order valence-electron chi connectivity index (χ0n) is 9.72. The lowest BCUT2D eigenvalue weighted by molar-refractivity contribution is -0.000595. The molecular weight excluding hydrogens is 243 g/mol. The van der Waals surface area contributed by atoms with E-state index in [4.69, 9.17) is 0 Å². The summed E-state index contributed by atoms with van der Waals surface area (Å²) < 4.78 is 38.5. The Hall–Kier alpha value is -1.85. The van der Waals surface area contributed by atoms with E-state index in [1.54, 1.807) is 37.5 Å². The van der Waals surface area contributed by atoms with Crippen LogP contribution in [0.3, 0.4) is 0 Å². The Labute approximate surface area is 102 Å². The minimum Gasteiger partial charge on any atom is -0.265 e. The second kappa shape index (κ2) is 5.20. The molecule has 3 nitrogen and oxygen atoms in total. The first-order chi connectivity index (χ1) is 8.58. The number of hydrogen-bond acceptors (Lipinski definition) is 2. The summed E-state index contributed by atoms with van der Waals surface area (Å²) in [4.78, 5) is 3.88. The van der Waals surface area contributed by atoms with Gasteiger partial charge in [-0.2, -0.15) is 5.10 Å². The molecule has 2 heterocycles. The minimum absolute atomic E-state index is 0.381. The molecule has 96 valence electrons. The topological polar surface area (TPSA) is 30.7 Å². The van der Waals surface area contributed by atoms with Crippen LogP contribution >= 0.6 is 0 Å². The lowest BCUT2D eigenvalue weighted by Crippen LogP contribution is -2.15. The molecule has 0 aliphatic rings. The Balaban J connectivity index is 2.19. The molecule has 0 bridgehead atoms. The van der Waals surface area contributed by atoms with Crippen molar-refractivity contribution in [2.45, 2.75) is 26.1 Å². The zero-order valence-corrected chi connectivity index (χ0v) is 9.72. The maximum Gasteiger partial charge on any atom is 0.289 e. The van der Waals surface area contributed by atoms with Gasteiger partial charge in [0.05, 0.1) is 5.69 Å². The molecule has 2 aromatic rings. The third kappa shape index (κ3) is 2.69. The quantitative estimate of drug-likeness (QED) is 0.841. The molecule has 0 N–H and O–H groups in total. The van der Waals surface area contributed by atoms with Gasteiger partial charge in [0.1, 0.15) is 0 Å². The van der Waals surface area contributed by atoms with Crippen LogP contribution in [-0.2, 0) is 6.42 Å². The van der Waals surface area contributed by atoms with Crippen molar-refractivity contribution in [1.82, 2.24) is 14.8 Å². The molecule has 2 aromatic heterocycles. The van der Waals surface area contributed by atoms with Crippen molar-refractivity contribution in [3.8, 4) is 0 Å². The molecule has 1 unspecified atom stereocenters. The molecule has 0 aliphatic carbocycles. The maximum atomic E-state index is 13.2. The molecule has 18 heavy (non-hydrogen) atoms. The summed E-state index contributed by atoms with van der Waals surface area (Å²) in [6.07, 6.45) is -1.73. The van der Waals surface area contributed by atoms with Crippen LogP contribution < -0.4 is 0 Å². The fourth-order valence-electron chi connectivity index (χ4n) is 1.71. The van der Waals surface area contributed by atoms with Gasteiger partial charge < -0.3 is 0 Å². The first-order valence-electron chi connectivity index (χ1n) is 5.44. The van der Waals surface area contributed by atoms with Gasteiger partial charge in [-0.3, -0.25) is 4.98 Å². The monoisotopic (exact) mass is 255 g/mol. The molecule has 0 aliphatic heterocycles. The Bertz CT molecular complexity index is 511. The van der Waals surface area contributed by atoms with E-state index in [0.717, 1.165) is 10.2 Å². The predicted molar refractivity (Wildman–Crippen MR) is 60.2 cm³/mol. The molecule has 0 radical (unpaired) electrons. The summed E-state index contributed by atoms with van der Waals surface area (Å²) in [5.41, 5.74) is 1.89. The molecule has 0 spiro atoms. The molecule has 1 atom stereocenters. The minimum atomic E-state index is -3.07. The SMILES string of the molecule is Cc1cc(Cc2ccncc2)nn1C(F)C(F)F. The standard InChI is InChI=1S/C12H12F3N3/c1-8-6-10(7-9-2-4-16-5-3-9)17-18(8)12(15)11(13)14/h2-6,11-12H,7H2,1H3. The molecule has 0 saturated heterocycles. The number of aromatic nitrogens is 3. The van der Waals surface area contributed by atoms with Gasteiger partial charge in [0.2, 0.25) is 0 Å². The number of halogens is 3. The highest BCUT2D eigenvalue weighted by Crippen LogP contribution is 2.20. The highest BCUT2D eigenvalue weighted by Gasteiger charge is 2.23. The largest absolute Gasteiger partial charge is 0.289 e. The summed E-state index contributed by atoms with van der Waals surface area (Å²) in [5.74, 6) is 0. The summed E-state index contributed by atoms with van der Waals surface area (Å²) >= 11 is 0. The zero-order chi connectivity index (χ0) is 13.1. The molecule has 0 fully saturated rings. The fourth-order valence-corrected chi connectivity index (χ4v) is 1.71. The van der Waals surface area contributed by atoms with E-state index in [1.165, 1.54) is 0 Å². The normalized spacial score (nSPS) is 12.9. The second-order valence-electron chi connectivity index (χ2n) is 3.96. The van der Waals surface area contributed by atoms with E-state index in [2.05, 4.69) is 10.1 Å². The number of rotatable bonds is 4. The maximum absolute atomic E-state index is 13.2. The lowest BCUT2D eigenvalue weighted by Gasteiger charge is -2.08. The van der Waals surface area contributed by atoms with Gasteiger partial charge in [-0.15, -0.1) is 0 Å². The average Bonchev–Trinajstić information content (AvgIpc) is 2.70. The Morgan fingerprint density at radius 2 is 1.89 bits per heavy atom. The second-order valence-corrected chi connectivity index (χ2v) is 3.96. The van der Waals surface area contributed by atoms with Crippen LogP contribution in [0.15, 0.2) is 30.6 Å². The van der Waals surface area contributed by atoms with Crippen molar-refractivity contribution in [2.75, 3.05) is 0 Å². The van der Waals surface area contributed by atoms with Crippen LogP contribution in [-0.4, -0.2) is 21.2 Å². The van der Waals surface area contributed by atoms with Gasteiger partial charge >= 0.3 is 0 Å². The Kier molecular flexibility index (Phi) is 3.64. The van der Waals surface area contributed by atoms with Crippen LogP contribution in [0, 0.1) is 6.92 Å². The third-order valence-corrected chi connectivity index (χ3v) is 2.55. The fraction of sp³-hybridized carbons (Fsp3) is 0.333. The predicted octanol–water partition coefficient (Wildman–Crippen LogP) is 2.91. The molecule has 0 amide bonds. The molecule has 0 aromatic carbocycles. The van der Waals surface area contributed by atoms with E-state index >= 15 is 0 Å². The molecular formula is C12H12F3N3. The molecule has 0 saturated carbocycles. The first-order valence-corrected chi connectivity index (χ1v) is 5.44. The van der Waals surface area contributed by atoms with Gasteiger partial charge in [-0.25, -0.2) is 17.9 Å². The van der Waals surface area contributed by atoms with Crippen molar-refractivity contribution < 1.29 is 13.2 Å². The van der Waals surface area contributed by atoms with E-state index in [-0.39, 0.29) is 0 Å². The van der Waals surface area contributed by atoms with E-state index < -0.39 is 12.7 Å². The average molecular weight is 255 g/mol. The van der Waals surface area contributed by atoms with Crippen LogP contribution in [0.2, 0.25) is 0 Å². The van der Waals surface area contributed by atoms with Gasteiger partial charge in [0.15, 0.2) is 0 Å². The first kappa shape index (κ1) is 12.6. The van der Waals surface area contributed by atoms with Crippen LogP contribution in [0.25, 0.3) is 0 Å². The summed E-state index contributed by atoms with van der Waals surface area (Å²) in [5, 5.41) is 3.87. The van der Waals surface area contributed by atoms with Gasteiger partial charge in [0.25, 0.3) is 12.7 Å². The van der Waals surface area contributed by atoms with Gasteiger partial charge in [0, 0.05) is 24.5 Å². The number of hydrogen-bond donors (Lipinski definition) is 0. The van der Waals surface area contributed by atoms with Crippen LogP contribution in [0.5, 0.6) is 0 Å². The van der Waals surface area contributed by atoms with Crippen molar-refractivity contribution in [1.29, 1.82) is 0 Å². The highest BCUT2D eigenvalue weighted by atomic mass is 19.3. The summed E-state index contributed by atoms with van der Waals surface area (Å²) in [7, 11) is 0. The number of alkyl halides is 3. The number of pyridine rings is 1. The van der Waals surface area contributed by atoms with Gasteiger partial charge in [-0.1, -0.05) is 0 Å². The lowest BCUT2D eigenvalue weighted by atomic mass is 10.1. The van der Waals surface area contributed by atoms with Crippen molar-refractivity contribution in [3.05, 3.63) is 47.5 Å². The molecule has 6 heteroatoms. The highest BCUT2D eigenvalue weighted by molar-refractivity contribution is 5.20. The molecule has 2 rings (SSSR count).